The fourth-order valence-electron chi connectivity index (χ4n) is 1.82. The number of carbonyl (C=O) groups is 1. The number of ether oxygens (including phenoxy) is 1. The SMILES string of the molecule is CCCN(Cc1cccc(N)c1)C(=O)COCC(F)(F)F. The summed E-state index contributed by atoms with van der Waals surface area (Å²) in [7, 11) is 0. The second-order valence-corrected chi connectivity index (χ2v) is 4.67. The molecule has 0 bridgehead atoms. The molecule has 1 aromatic rings. The third-order valence-electron chi connectivity index (χ3n) is 2.66. The molecule has 2 N–H and O–H groups in total. The van der Waals surface area contributed by atoms with E-state index in [2.05, 4.69) is 4.74 Å². The lowest BCUT2D eigenvalue weighted by molar-refractivity contribution is -0.178. The molecule has 0 atom stereocenters. The lowest BCUT2D eigenvalue weighted by atomic mass is 10.2. The first-order chi connectivity index (χ1) is 9.81. The van der Waals surface area contributed by atoms with Gasteiger partial charge in [-0.15, -0.1) is 0 Å². The summed E-state index contributed by atoms with van der Waals surface area (Å²) < 4.78 is 40.4. The molecule has 1 aromatic carbocycles. The van der Waals surface area contributed by atoms with Crippen LogP contribution in [0.3, 0.4) is 0 Å². The first-order valence-corrected chi connectivity index (χ1v) is 6.58. The van der Waals surface area contributed by atoms with E-state index >= 15 is 0 Å². The Kier molecular flexibility index (Phi) is 6.48. The van der Waals surface area contributed by atoms with Crippen molar-refractivity contribution in [3.05, 3.63) is 29.8 Å². The third-order valence-corrected chi connectivity index (χ3v) is 2.66. The van der Waals surface area contributed by atoms with E-state index in [-0.39, 0.29) is 0 Å². The fourth-order valence-corrected chi connectivity index (χ4v) is 1.82. The van der Waals surface area contributed by atoms with E-state index < -0.39 is 25.3 Å². The van der Waals surface area contributed by atoms with Crippen LogP contribution in [-0.2, 0) is 16.1 Å². The van der Waals surface area contributed by atoms with Crippen LogP contribution >= 0.6 is 0 Å². The van der Waals surface area contributed by atoms with E-state index in [0.717, 1.165) is 5.56 Å². The van der Waals surface area contributed by atoms with E-state index in [1.807, 2.05) is 13.0 Å². The number of amides is 1. The maximum absolute atomic E-state index is 12.0. The van der Waals surface area contributed by atoms with Crippen molar-refractivity contribution < 1.29 is 22.7 Å². The highest BCUT2D eigenvalue weighted by Crippen LogP contribution is 2.15. The highest BCUT2D eigenvalue weighted by Gasteiger charge is 2.28. The van der Waals surface area contributed by atoms with Crippen molar-refractivity contribution in [2.45, 2.75) is 26.1 Å². The highest BCUT2D eigenvalue weighted by molar-refractivity contribution is 5.77. The number of anilines is 1. The molecule has 1 amide bonds. The monoisotopic (exact) mass is 304 g/mol. The van der Waals surface area contributed by atoms with Crippen LogP contribution in [0, 0.1) is 0 Å². The molecule has 0 aliphatic rings. The minimum absolute atomic E-state index is 0.299. The Bertz CT molecular complexity index is 464. The Labute approximate surface area is 121 Å². The summed E-state index contributed by atoms with van der Waals surface area (Å²) in [6, 6.07) is 7.02. The smallest absolute Gasteiger partial charge is 0.399 e. The summed E-state index contributed by atoms with van der Waals surface area (Å²) in [5.74, 6) is -0.469. The largest absolute Gasteiger partial charge is 0.411 e. The van der Waals surface area contributed by atoms with Gasteiger partial charge in [-0.3, -0.25) is 4.79 Å². The number of halogens is 3. The van der Waals surface area contributed by atoms with E-state index in [4.69, 9.17) is 5.73 Å². The van der Waals surface area contributed by atoms with Crippen LogP contribution in [0.25, 0.3) is 0 Å². The van der Waals surface area contributed by atoms with Crippen molar-refractivity contribution >= 4 is 11.6 Å². The van der Waals surface area contributed by atoms with Gasteiger partial charge in [-0.2, -0.15) is 13.2 Å². The average molecular weight is 304 g/mol. The van der Waals surface area contributed by atoms with Crippen LogP contribution in [0.5, 0.6) is 0 Å². The zero-order valence-electron chi connectivity index (χ0n) is 11.8. The number of carbonyl (C=O) groups excluding carboxylic acids is 1. The van der Waals surface area contributed by atoms with Gasteiger partial charge in [0, 0.05) is 18.8 Å². The van der Waals surface area contributed by atoms with Crippen molar-refractivity contribution in [1.82, 2.24) is 4.90 Å². The zero-order valence-corrected chi connectivity index (χ0v) is 11.8. The third kappa shape index (κ3) is 6.99. The summed E-state index contributed by atoms with van der Waals surface area (Å²) in [6.45, 7) is 0.630. The second-order valence-electron chi connectivity index (χ2n) is 4.67. The number of nitrogens with zero attached hydrogens (tertiary/aromatic N) is 1. The summed E-state index contributed by atoms with van der Waals surface area (Å²) in [6.07, 6.45) is -3.73. The molecule has 4 nitrogen and oxygen atoms in total. The zero-order chi connectivity index (χ0) is 15.9. The number of nitrogen functional groups attached to an aromatic ring is 1. The van der Waals surface area contributed by atoms with Gasteiger partial charge in [0.25, 0.3) is 0 Å². The van der Waals surface area contributed by atoms with Crippen molar-refractivity contribution in [2.24, 2.45) is 0 Å². The molecule has 0 saturated carbocycles. The predicted octanol–water partition coefficient (Wildman–Crippen LogP) is 2.59. The molecule has 0 heterocycles. The van der Waals surface area contributed by atoms with Crippen LogP contribution in [-0.4, -0.2) is 36.7 Å². The second kappa shape index (κ2) is 7.87. The van der Waals surface area contributed by atoms with Gasteiger partial charge >= 0.3 is 6.18 Å². The molecule has 7 heteroatoms. The van der Waals surface area contributed by atoms with Crippen LogP contribution in [0.1, 0.15) is 18.9 Å². The number of benzene rings is 1. The number of nitrogens with two attached hydrogens (primary N) is 1. The molecule has 1 rings (SSSR count). The van der Waals surface area contributed by atoms with Gasteiger partial charge in [-0.25, -0.2) is 0 Å². The molecular formula is C14H19F3N2O2. The van der Waals surface area contributed by atoms with Crippen molar-refractivity contribution in [3.63, 3.8) is 0 Å². The first-order valence-electron chi connectivity index (χ1n) is 6.58. The Hall–Kier alpha value is -1.76. The maximum Gasteiger partial charge on any atom is 0.411 e. The van der Waals surface area contributed by atoms with Gasteiger partial charge < -0.3 is 15.4 Å². The number of rotatable bonds is 7. The Morgan fingerprint density at radius 2 is 2.10 bits per heavy atom. The standard InChI is InChI=1S/C14H19F3N2O2/c1-2-6-19(8-11-4-3-5-12(18)7-11)13(20)9-21-10-14(15,16)17/h3-5,7H,2,6,8-10,18H2,1H3. The van der Waals surface area contributed by atoms with Gasteiger partial charge in [0.2, 0.25) is 5.91 Å². The number of hydrogen-bond acceptors (Lipinski definition) is 3. The molecule has 0 fully saturated rings. The minimum atomic E-state index is -4.43. The van der Waals surface area contributed by atoms with E-state index in [9.17, 15) is 18.0 Å². The summed E-state index contributed by atoms with van der Waals surface area (Å²) in [4.78, 5) is 13.4. The summed E-state index contributed by atoms with van der Waals surface area (Å²) in [5, 5.41) is 0. The Balaban J connectivity index is 2.57. The molecule has 0 aromatic heterocycles. The van der Waals surface area contributed by atoms with Gasteiger partial charge in [0.05, 0.1) is 0 Å². The molecule has 0 radical (unpaired) electrons. The topological polar surface area (TPSA) is 55.6 Å². The van der Waals surface area contributed by atoms with E-state index in [1.165, 1.54) is 4.90 Å². The Morgan fingerprint density at radius 3 is 2.67 bits per heavy atom. The van der Waals surface area contributed by atoms with Crippen LogP contribution < -0.4 is 5.73 Å². The van der Waals surface area contributed by atoms with Gasteiger partial charge in [-0.05, 0) is 24.1 Å². The molecule has 0 unspecified atom stereocenters. The van der Waals surface area contributed by atoms with Crippen molar-refractivity contribution in [2.75, 3.05) is 25.5 Å². The quantitative estimate of drug-likeness (QED) is 0.788. The summed E-state index contributed by atoms with van der Waals surface area (Å²) in [5.41, 5.74) is 7.06. The van der Waals surface area contributed by atoms with Crippen molar-refractivity contribution in [3.8, 4) is 0 Å². The number of hydrogen-bond donors (Lipinski definition) is 1. The van der Waals surface area contributed by atoms with Crippen LogP contribution in [0.15, 0.2) is 24.3 Å². The molecule has 0 spiro atoms. The van der Waals surface area contributed by atoms with Crippen LogP contribution in [0.4, 0.5) is 18.9 Å². The van der Waals surface area contributed by atoms with E-state index in [0.29, 0.717) is 25.2 Å². The number of alkyl halides is 3. The Morgan fingerprint density at radius 1 is 1.38 bits per heavy atom. The highest BCUT2D eigenvalue weighted by atomic mass is 19.4. The van der Waals surface area contributed by atoms with Gasteiger partial charge in [0.15, 0.2) is 0 Å². The molecule has 21 heavy (non-hydrogen) atoms. The maximum atomic E-state index is 12.0. The molecule has 0 aliphatic heterocycles. The lowest BCUT2D eigenvalue weighted by Gasteiger charge is -2.22. The van der Waals surface area contributed by atoms with Crippen molar-refractivity contribution in [1.29, 1.82) is 0 Å². The molecular weight excluding hydrogens is 285 g/mol. The predicted molar refractivity (Wildman–Crippen MR) is 73.4 cm³/mol. The van der Waals surface area contributed by atoms with Gasteiger partial charge in [-0.1, -0.05) is 19.1 Å². The fraction of sp³-hybridized carbons (Fsp3) is 0.500. The van der Waals surface area contributed by atoms with Crippen LogP contribution in [0.2, 0.25) is 0 Å². The molecule has 118 valence electrons. The normalized spacial score (nSPS) is 11.4. The lowest BCUT2D eigenvalue weighted by Crippen LogP contribution is -2.35. The molecule has 0 saturated heterocycles. The first kappa shape index (κ1) is 17.3. The average Bonchev–Trinajstić information content (AvgIpc) is 2.36. The summed E-state index contributed by atoms with van der Waals surface area (Å²) >= 11 is 0. The van der Waals surface area contributed by atoms with E-state index in [1.54, 1.807) is 18.2 Å². The molecule has 0 aliphatic carbocycles. The minimum Gasteiger partial charge on any atom is -0.399 e. The van der Waals surface area contributed by atoms with Gasteiger partial charge in [0.1, 0.15) is 13.2 Å².